The molecule has 0 radical (unpaired) electrons. The van der Waals surface area contributed by atoms with Gasteiger partial charge >= 0.3 is 0 Å². The molecule has 2 N–H and O–H groups in total. The Hall–Kier alpha value is -3.53. The van der Waals surface area contributed by atoms with Crippen LogP contribution in [0.1, 0.15) is 65.5 Å². The van der Waals surface area contributed by atoms with Gasteiger partial charge in [0.25, 0.3) is 5.91 Å². The number of rotatable bonds is 8. The number of phenolic OH excluding ortho intramolecular Hbond substituents is 1. The molecule has 2 aliphatic heterocycles. The first kappa shape index (κ1) is 27.1. The lowest BCUT2D eigenvalue weighted by molar-refractivity contribution is 0.0677. The molecule has 2 atom stereocenters. The Kier molecular flexibility index (Phi) is 7.09. The number of nitrogens with one attached hydrogen (secondary N) is 1. The molecule has 208 valence electrons. The van der Waals surface area contributed by atoms with Crippen molar-refractivity contribution in [3.63, 3.8) is 0 Å². The zero-order valence-electron chi connectivity index (χ0n) is 22.9. The first-order chi connectivity index (χ1) is 18.5. The largest absolute Gasteiger partial charge is 0.507 e. The molecule has 5 rings (SSSR count). The van der Waals surface area contributed by atoms with Crippen LogP contribution in [0, 0.1) is 19.8 Å². The van der Waals surface area contributed by atoms with Gasteiger partial charge in [-0.3, -0.25) is 9.89 Å². The van der Waals surface area contributed by atoms with Crippen molar-refractivity contribution >= 4 is 15.7 Å². The summed E-state index contributed by atoms with van der Waals surface area (Å²) in [7, 11) is -1.69. The highest BCUT2D eigenvalue weighted by molar-refractivity contribution is 7.91. The van der Waals surface area contributed by atoms with Gasteiger partial charge in [0.05, 0.1) is 31.3 Å². The molecule has 0 saturated carbocycles. The van der Waals surface area contributed by atoms with E-state index in [0.717, 1.165) is 17.5 Å². The van der Waals surface area contributed by atoms with Gasteiger partial charge in [0.15, 0.2) is 21.3 Å². The molecular weight excluding hydrogens is 518 g/mol. The van der Waals surface area contributed by atoms with E-state index in [1.54, 1.807) is 12.0 Å². The van der Waals surface area contributed by atoms with E-state index in [9.17, 15) is 18.3 Å². The van der Waals surface area contributed by atoms with Crippen LogP contribution in [0.5, 0.6) is 17.2 Å². The zero-order chi connectivity index (χ0) is 28.1. The van der Waals surface area contributed by atoms with Gasteiger partial charge in [0.2, 0.25) is 0 Å². The first-order valence-electron chi connectivity index (χ1n) is 13.2. The van der Waals surface area contributed by atoms with Gasteiger partial charge < -0.3 is 19.5 Å². The van der Waals surface area contributed by atoms with E-state index in [1.165, 1.54) is 0 Å². The summed E-state index contributed by atoms with van der Waals surface area (Å²) in [5, 5.41) is 18.3. The van der Waals surface area contributed by atoms with E-state index in [2.05, 4.69) is 24.0 Å². The number of amides is 1. The van der Waals surface area contributed by atoms with Crippen LogP contribution >= 0.6 is 0 Å². The first-order valence-corrected chi connectivity index (χ1v) is 15.1. The maximum Gasteiger partial charge on any atom is 0.273 e. The molecule has 9 nitrogen and oxygen atoms in total. The van der Waals surface area contributed by atoms with Crippen molar-refractivity contribution in [2.24, 2.45) is 5.92 Å². The minimum absolute atomic E-state index is 0.0387. The van der Waals surface area contributed by atoms with Crippen molar-refractivity contribution < 1.29 is 27.8 Å². The number of fused-ring (bicyclic) bond motifs is 1. The number of sulfone groups is 1. The summed E-state index contributed by atoms with van der Waals surface area (Å²) >= 11 is 0. The second-order valence-electron chi connectivity index (χ2n) is 11.0. The molecule has 1 aromatic heterocycles. The highest BCUT2D eigenvalue weighted by Crippen LogP contribution is 2.48. The van der Waals surface area contributed by atoms with E-state index in [-0.39, 0.29) is 23.2 Å². The Morgan fingerprint density at radius 3 is 2.62 bits per heavy atom. The third-order valence-electron chi connectivity index (χ3n) is 7.56. The summed E-state index contributed by atoms with van der Waals surface area (Å²) < 4.78 is 36.5. The number of H-pyrrole nitrogens is 1. The molecule has 1 fully saturated rings. The number of aryl methyl sites for hydroxylation is 2. The minimum Gasteiger partial charge on any atom is -0.507 e. The predicted molar refractivity (Wildman–Crippen MR) is 148 cm³/mol. The van der Waals surface area contributed by atoms with Gasteiger partial charge in [-0.1, -0.05) is 26.0 Å². The van der Waals surface area contributed by atoms with Crippen LogP contribution in [-0.4, -0.2) is 65.8 Å². The topological polar surface area (TPSA) is 122 Å². The van der Waals surface area contributed by atoms with Gasteiger partial charge in [-0.2, -0.15) is 5.10 Å². The van der Waals surface area contributed by atoms with Crippen molar-refractivity contribution in [3.8, 4) is 28.5 Å². The SMILES string of the molecule is COc1cc(C2c3c(-c4cc(C)cc(C)c4O)n[nH]c3C(=O)N2C2CCS(=O)(=O)C2)ccc1OCCC(C)C. The number of hydrogen-bond donors (Lipinski definition) is 2. The molecule has 2 unspecified atom stereocenters. The van der Waals surface area contributed by atoms with E-state index in [1.807, 2.05) is 44.2 Å². The van der Waals surface area contributed by atoms with Gasteiger partial charge in [-0.05, 0) is 67.5 Å². The number of aromatic hydroxyl groups is 1. The average Bonchev–Trinajstić information content (AvgIpc) is 3.54. The maximum atomic E-state index is 13.8. The van der Waals surface area contributed by atoms with Crippen LogP contribution in [0.4, 0.5) is 0 Å². The van der Waals surface area contributed by atoms with Crippen LogP contribution in [0.3, 0.4) is 0 Å². The molecule has 0 aliphatic carbocycles. The summed E-state index contributed by atoms with van der Waals surface area (Å²) in [6.45, 7) is 8.56. The highest BCUT2D eigenvalue weighted by Gasteiger charge is 2.48. The van der Waals surface area contributed by atoms with Crippen LogP contribution in [0.25, 0.3) is 11.3 Å². The minimum atomic E-state index is -3.25. The number of aromatic amines is 1. The molecule has 2 aliphatic rings. The third-order valence-corrected chi connectivity index (χ3v) is 9.31. The van der Waals surface area contributed by atoms with Gasteiger partial charge in [0, 0.05) is 17.2 Å². The van der Waals surface area contributed by atoms with Crippen LogP contribution in [0.2, 0.25) is 0 Å². The number of carbonyl (C=O) groups excluding carboxylic acids is 1. The number of carbonyl (C=O) groups is 1. The Balaban J connectivity index is 1.64. The van der Waals surface area contributed by atoms with Crippen LogP contribution < -0.4 is 9.47 Å². The number of nitrogens with zero attached hydrogens (tertiary/aromatic N) is 2. The van der Waals surface area contributed by atoms with E-state index in [4.69, 9.17) is 9.47 Å². The molecule has 10 heteroatoms. The standard InChI is InChI=1S/C29H35N3O6S/c1-16(2)8-10-38-22-7-6-19(14-23(22)37-5)27-24-25(21-13-17(3)12-18(4)28(21)33)30-31-26(24)29(34)32(27)20-9-11-39(35,36)15-20/h6-7,12-14,16,20,27,33H,8-11,15H2,1-5H3,(H,30,31). The fourth-order valence-corrected chi connectivity index (χ4v) is 7.30. The number of methoxy groups -OCH3 is 1. The smallest absolute Gasteiger partial charge is 0.273 e. The molecule has 3 aromatic rings. The summed E-state index contributed by atoms with van der Waals surface area (Å²) in [5.74, 6) is 1.35. The van der Waals surface area contributed by atoms with E-state index in [0.29, 0.717) is 58.5 Å². The molecule has 0 spiro atoms. The number of ether oxygens (including phenoxy) is 2. The number of phenols is 1. The lowest BCUT2D eigenvalue weighted by atomic mass is 9.93. The van der Waals surface area contributed by atoms with E-state index < -0.39 is 21.9 Å². The molecule has 2 aromatic carbocycles. The van der Waals surface area contributed by atoms with Crippen molar-refractivity contribution in [3.05, 3.63) is 58.3 Å². The lowest BCUT2D eigenvalue weighted by Crippen LogP contribution is -2.40. The zero-order valence-corrected chi connectivity index (χ0v) is 23.8. The van der Waals surface area contributed by atoms with Crippen LogP contribution in [0.15, 0.2) is 30.3 Å². The van der Waals surface area contributed by atoms with Gasteiger partial charge in [0.1, 0.15) is 17.1 Å². The van der Waals surface area contributed by atoms with Crippen molar-refractivity contribution in [2.75, 3.05) is 25.2 Å². The Morgan fingerprint density at radius 2 is 1.95 bits per heavy atom. The fourth-order valence-electron chi connectivity index (χ4n) is 5.59. The van der Waals surface area contributed by atoms with Gasteiger partial charge in [-0.25, -0.2) is 8.42 Å². The Bertz CT molecular complexity index is 1530. The van der Waals surface area contributed by atoms with Crippen molar-refractivity contribution in [1.29, 1.82) is 0 Å². The summed E-state index contributed by atoms with van der Waals surface area (Å²) in [4.78, 5) is 15.5. The Morgan fingerprint density at radius 1 is 1.18 bits per heavy atom. The summed E-state index contributed by atoms with van der Waals surface area (Å²) in [6, 6.07) is 8.16. The van der Waals surface area contributed by atoms with Crippen LogP contribution in [-0.2, 0) is 9.84 Å². The summed E-state index contributed by atoms with van der Waals surface area (Å²) in [5.41, 5.74) is 4.28. The van der Waals surface area contributed by atoms with Crippen molar-refractivity contribution in [1.82, 2.24) is 15.1 Å². The second-order valence-corrected chi connectivity index (χ2v) is 13.2. The average molecular weight is 554 g/mol. The molecule has 1 saturated heterocycles. The normalized spacial score (nSPS) is 20.1. The molecule has 1 amide bonds. The molecule has 39 heavy (non-hydrogen) atoms. The fraction of sp³-hybridized carbons (Fsp3) is 0.448. The number of hydrogen-bond acceptors (Lipinski definition) is 7. The second kappa shape index (κ2) is 10.2. The quantitative estimate of drug-likeness (QED) is 0.419. The predicted octanol–water partition coefficient (Wildman–Crippen LogP) is 4.56. The maximum absolute atomic E-state index is 13.8. The molecule has 0 bridgehead atoms. The lowest BCUT2D eigenvalue weighted by Gasteiger charge is -2.31. The van der Waals surface area contributed by atoms with Crippen molar-refractivity contribution in [2.45, 2.75) is 52.6 Å². The highest BCUT2D eigenvalue weighted by atomic mass is 32.2. The monoisotopic (exact) mass is 553 g/mol. The number of aromatic nitrogens is 2. The molecule has 3 heterocycles. The number of benzene rings is 2. The molecular formula is C29H35N3O6S. The third kappa shape index (κ3) is 4.97. The van der Waals surface area contributed by atoms with E-state index >= 15 is 0 Å². The summed E-state index contributed by atoms with van der Waals surface area (Å²) in [6.07, 6.45) is 1.26. The van der Waals surface area contributed by atoms with Gasteiger partial charge in [-0.15, -0.1) is 0 Å². The Labute approximate surface area is 229 Å².